The first-order valence-electron chi connectivity index (χ1n) is 18.2. The minimum absolute atomic E-state index is 0.0300. The summed E-state index contributed by atoms with van der Waals surface area (Å²) in [6.45, 7) is 5.71. The Morgan fingerprint density at radius 1 is 0.620 bits per heavy atom. The van der Waals surface area contributed by atoms with Crippen molar-refractivity contribution < 1.29 is 38.7 Å². The second-order valence-corrected chi connectivity index (χ2v) is 15.7. The maximum atomic E-state index is 12.7. The Morgan fingerprint density at radius 3 is 1.34 bits per heavy atom. The number of likely N-dealkylation sites (tertiary alicyclic amines) is 2. The molecule has 272 valence electrons. The molecule has 10 heteroatoms. The third-order valence-corrected chi connectivity index (χ3v) is 14.4. The fraction of sp³-hybridized carbons (Fsp3) is 0.650. The topological polar surface area (TPSA) is 118 Å². The molecule has 2 aliphatic heterocycles. The lowest BCUT2D eigenvalue weighted by Crippen LogP contribution is -2.75. The first-order chi connectivity index (χ1) is 23.8. The Bertz CT molecular complexity index is 1590. The molecule has 2 heterocycles. The summed E-state index contributed by atoms with van der Waals surface area (Å²) in [7, 11) is 10.7. The highest BCUT2D eigenvalue weighted by Gasteiger charge is 2.69. The van der Waals surface area contributed by atoms with Crippen LogP contribution >= 0.6 is 0 Å². The molecule has 0 aromatic heterocycles. The highest BCUT2D eigenvalue weighted by atomic mass is 16.5. The fourth-order valence-corrected chi connectivity index (χ4v) is 11.8. The smallest absolute Gasteiger partial charge is 0.164 e. The Balaban J connectivity index is 0.000000157. The molecule has 4 aliphatic carbocycles. The highest BCUT2D eigenvalue weighted by molar-refractivity contribution is 5.86. The van der Waals surface area contributed by atoms with Crippen molar-refractivity contribution in [3.05, 3.63) is 46.5 Å². The Labute approximate surface area is 296 Å². The van der Waals surface area contributed by atoms with E-state index in [1.54, 1.807) is 28.4 Å². The Morgan fingerprint density at radius 2 is 1.00 bits per heavy atom. The van der Waals surface area contributed by atoms with E-state index < -0.39 is 22.0 Å². The number of Topliss-reactive ketones (excluding diaryl/α,β-unsaturated/α-hetero) is 2. The molecule has 8 rings (SSSR count). The van der Waals surface area contributed by atoms with Gasteiger partial charge in [-0.05, 0) is 89.0 Å². The minimum atomic E-state index is -0.917. The van der Waals surface area contributed by atoms with Crippen LogP contribution in [0.1, 0.15) is 74.6 Å². The number of methoxy groups -OCH3 is 4. The molecule has 0 unspecified atom stereocenters. The van der Waals surface area contributed by atoms with Crippen molar-refractivity contribution in [3.63, 3.8) is 0 Å². The van der Waals surface area contributed by atoms with Gasteiger partial charge in [0.25, 0.3) is 0 Å². The van der Waals surface area contributed by atoms with Crippen molar-refractivity contribution in [2.75, 3.05) is 55.6 Å². The molecule has 0 spiro atoms. The molecule has 4 bridgehead atoms. The number of rotatable bonds is 4. The lowest BCUT2D eigenvalue weighted by molar-refractivity contribution is -0.183. The average molecular weight is 691 g/mol. The zero-order valence-electron chi connectivity index (χ0n) is 30.9. The first-order valence-corrected chi connectivity index (χ1v) is 18.2. The quantitative estimate of drug-likeness (QED) is 0.490. The largest absolute Gasteiger partial charge is 0.493 e. The van der Waals surface area contributed by atoms with Crippen LogP contribution in [0.2, 0.25) is 0 Å². The van der Waals surface area contributed by atoms with E-state index in [1.165, 1.54) is 11.1 Å². The van der Waals surface area contributed by atoms with Crippen LogP contribution in [0.15, 0.2) is 24.3 Å². The predicted molar refractivity (Wildman–Crippen MR) is 189 cm³/mol. The van der Waals surface area contributed by atoms with Gasteiger partial charge in [-0.3, -0.25) is 9.59 Å². The number of hydrogen-bond donors (Lipinski definition) is 2. The molecule has 2 aromatic rings. The van der Waals surface area contributed by atoms with E-state index in [4.69, 9.17) is 18.9 Å². The molecule has 8 atom stereocenters. The zero-order chi connectivity index (χ0) is 36.0. The van der Waals surface area contributed by atoms with Crippen LogP contribution in [-0.2, 0) is 33.3 Å². The van der Waals surface area contributed by atoms with Crippen molar-refractivity contribution in [1.82, 2.24) is 9.80 Å². The number of fused-ring (bicyclic) bond motifs is 2. The number of nitrogens with zero attached hydrogens (tertiary/aromatic N) is 2. The monoisotopic (exact) mass is 690 g/mol. The molecule has 2 aromatic carbocycles. The maximum absolute atomic E-state index is 12.7. The number of ether oxygens (including phenoxy) is 4. The van der Waals surface area contributed by atoms with E-state index in [-0.39, 0.29) is 35.5 Å². The summed E-state index contributed by atoms with van der Waals surface area (Å²) in [6, 6.07) is 8.09. The van der Waals surface area contributed by atoms with Gasteiger partial charge >= 0.3 is 0 Å². The van der Waals surface area contributed by atoms with E-state index >= 15 is 0 Å². The summed E-state index contributed by atoms with van der Waals surface area (Å²) in [4.78, 5) is 30.0. The third-order valence-electron chi connectivity index (χ3n) is 14.4. The molecule has 0 amide bonds. The summed E-state index contributed by atoms with van der Waals surface area (Å²) in [5, 5.41) is 23.9. The van der Waals surface area contributed by atoms with Gasteiger partial charge in [-0.15, -0.1) is 0 Å². The lowest BCUT2D eigenvalue weighted by Gasteiger charge is -2.65. The standard InChI is InChI=1S/2C20H27NO4/c2*1-12-14(22)7-8-20(23)16-11-13-5-6-15(24-3)18(25-4)17(13)19(12,20)9-10-21(16)2/h2*5-6,12,16,23H,7-11H2,1-4H3/t2*12-,16-,19-,20-/m11/s1. The summed E-state index contributed by atoms with van der Waals surface area (Å²) in [5.41, 5.74) is 1.30. The summed E-state index contributed by atoms with van der Waals surface area (Å²) >= 11 is 0. The summed E-state index contributed by atoms with van der Waals surface area (Å²) < 4.78 is 22.6. The minimum Gasteiger partial charge on any atom is -0.493 e. The van der Waals surface area contributed by atoms with Gasteiger partial charge in [0.05, 0.1) is 39.6 Å². The van der Waals surface area contributed by atoms with Crippen LogP contribution < -0.4 is 18.9 Å². The van der Waals surface area contributed by atoms with Gasteiger partial charge in [-0.25, -0.2) is 0 Å². The van der Waals surface area contributed by atoms with Crippen LogP contribution in [0.5, 0.6) is 23.0 Å². The highest BCUT2D eigenvalue weighted by Crippen LogP contribution is 2.64. The van der Waals surface area contributed by atoms with Gasteiger partial charge in [0.2, 0.25) is 0 Å². The van der Waals surface area contributed by atoms with E-state index in [1.807, 2.05) is 26.0 Å². The van der Waals surface area contributed by atoms with Gasteiger partial charge in [-0.2, -0.15) is 0 Å². The Hall–Kier alpha value is -3.18. The number of benzene rings is 2. The summed E-state index contributed by atoms with van der Waals surface area (Å²) in [6.07, 6.45) is 4.98. The lowest BCUT2D eigenvalue weighted by atomic mass is 9.46. The van der Waals surface area contributed by atoms with Crippen molar-refractivity contribution in [3.8, 4) is 23.0 Å². The molecule has 6 aliphatic rings. The molecular formula is C40H54N2O8. The third kappa shape index (κ3) is 4.34. The average Bonchev–Trinajstić information content (AvgIpc) is 3.11. The van der Waals surface area contributed by atoms with Crippen molar-refractivity contribution >= 4 is 11.6 Å². The summed E-state index contributed by atoms with van der Waals surface area (Å²) in [5.74, 6) is 2.72. The number of aliphatic hydroxyl groups is 2. The number of hydrogen-bond acceptors (Lipinski definition) is 10. The number of carbonyl (C=O) groups is 2. The number of ketones is 2. The second kappa shape index (κ2) is 12.2. The number of likely N-dealkylation sites (N-methyl/N-ethyl adjacent to an activating group) is 2. The van der Waals surface area contributed by atoms with Gasteiger partial charge < -0.3 is 39.0 Å². The van der Waals surface area contributed by atoms with E-state index in [9.17, 15) is 19.8 Å². The van der Waals surface area contributed by atoms with Crippen molar-refractivity contribution in [2.45, 2.75) is 99.3 Å². The molecule has 2 saturated heterocycles. The van der Waals surface area contributed by atoms with Gasteiger partial charge in [-0.1, -0.05) is 26.0 Å². The van der Waals surface area contributed by atoms with Crippen molar-refractivity contribution in [1.29, 1.82) is 0 Å². The van der Waals surface area contributed by atoms with Crippen LogP contribution in [0, 0.1) is 11.8 Å². The number of piperidine rings is 2. The van der Waals surface area contributed by atoms with Crippen LogP contribution in [0.25, 0.3) is 0 Å². The second-order valence-electron chi connectivity index (χ2n) is 15.7. The SMILES string of the molecule is COc1ccc2c(c1OC)[C@]13CCN(C)[C@H](C2)[C@]1(O)CCC(=O)[C@H]3C.COc1ccc2c(c1OC)[C@]13CCN(C)[C@H](C2)[C@]1(O)CCC(=O)[C@H]3C. The van der Waals surface area contributed by atoms with Crippen molar-refractivity contribution in [2.24, 2.45) is 11.8 Å². The first kappa shape index (κ1) is 35.2. The normalized spacial score (nSPS) is 37.2. The van der Waals surface area contributed by atoms with E-state index in [0.29, 0.717) is 48.7 Å². The molecule has 10 nitrogen and oxygen atoms in total. The van der Waals surface area contributed by atoms with Gasteiger partial charge in [0, 0.05) is 58.7 Å². The Kier molecular flexibility index (Phi) is 8.60. The van der Waals surface area contributed by atoms with Gasteiger partial charge in [0.15, 0.2) is 23.0 Å². The molecule has 2 N–H and O–H groups in total. The van der Waals surface area contributed by atoms with Crippen LogP contribution in [-0.4, -0.2) is 110 Å². The number of carbonyl (C=O) groups excluding carboxylic acids is 2. The fourth-order valence-electron chi connectivity index (χ4n) is 11.8. The molecule has 50 heavy (non-hydrogen) atoms. The molecule has 2 saturated carbocycles. The molecule has 4 fully saturated rings. The van der Waals surface area contributed by atoms with E-state index in [0.717, 1.165) is 49.9 Å². The predicted octanol–water partition coefficient (Wildman–Crippen LogP) is 3.86. The van der Waals surface area contributed by atoms with E-state index in [2.05, 4.69) is 36.0 Å². The van der Waals surface area contributed by atoms with Crippen LogP contribution in [0.3, 0.4) is 0 Å². The molecule has 0 radical (unpaired) electrons. The molecular weight excluding hydrogens is 636 g/mol. The van der Waals surface area contributed by atoms with Crippen LogP contribution in [0.4, 0.5) is 0 Å². The maximum Gasteiger partial charge on any atom is 0.164 e. The zero-order valence-corrected chi connectivity index (χ0v) is 30.9. The van der Waals surface area contributed by atoms with Gasteiger partial charge in [0.1, 0.15) is 11.6 Å².